The average Bonchev–Trinajstić information content (AvgIpc) is 3.18. The molecular formula is C21H29N3O3. The third kappa shape index (κ3) is 4.05. The number of carbonyl (C=O) groups excluding carboxylic acids is 3. The van der Waals surface area contributed by atoms with Crippen LogP contribution >= 0.6 is 0 Å². The van der Waals surface area contributed by atoms with E-state index in [-0.39, 0.29) is 18.1 Å². The Labute approximate surface area is 161 Å². The summed E-state index contributed by atoms with van der Waals surface area (Å²) in [5, 5.41) is 0. The van der Waals surface area contributed by atoms with Gasteiger partial charge in [-0.1, -0.05) is 57.9 Å². The highest BCUT2D eigenvalue weighted by molar-refractivity contribution is 6.44. The zero-order chi connectivity index (χ0) is 19.8. The summed E-state index contributed by atoms with van der Waals surface area (Å²) in [6, 6.07) is 7.78. The SMILES string of the molecule is CN(Cc1ccc(C(C)(C)C)cc1)CN1C(=O)C(=O)N(C2CCCC2)C1=O. The molecule has 1 heterocycles. The quantitative estimate of drug-likeness (QED) is 0.589. The molecule has 1 aromatic carbocycles. The molecule has 2 aliphatic rings. The lowest BCUT2D eigenvalue weighted by Crippen LogP contribution is -2.42. The molecule has 4 amide bonds. The van der Waals surface area contributed by atoms with Crippen LogP contribution in [-0.2, 0) is 21.5 Å². The van der Waals surface area contributed by atoms with Crippen molar-refractivity contribution < 1.29 is 14.4 Å². The average molecular weight is 371 g/mol. The topological polar surface area (TPSA) is 60.9 Å². The molecular weight excluding hydrogens is 342 g/mol. The van der Waals surface area contributed by atoms with E-state index >= 15 is 0 Å². The minimum atomic E-state index is -0.707. The second-order valence-electron chi connectivity index (χ2n) is 8.73. The molecule has 1 aliphatic carbocycles. The van der Waals surface area contributed by atoms with Crippen LogP contribution in [0.25, 0.3) is 0 Å². The first-order valence-electron chi connectivity index (χ1n) is 9.65. The van der Waals surface area contributed by atoms with Crippen molar-refractivity contribution in [1.82, 2.24) is 14.7 Å². The second-order valence-corrected chi connectivity index (χ2v) is 8.73. The molecule has 0 aromatic heterocycles. The highest BCUT2D eigenvalue weighted by Gasteiger charge is 2.48. The van der Waals surface area contributed by atoms with E-state index in [4.69, 9.17) is 0 Å². The standard InChI is InChI=1S/C21H29N3O3/c1-21(2,3)16-11-9-15(10-12-16)13-22(4)14-23-18(25)19(26)24(20(23)27)17-7-5-6-8-17/h9-12,17H,5-8,13-14H2,1-4H3. The van der Waals surface area contributed by atoms with Gasteiger partial charge in [0.1, 0.15) is 0 Å². The predicted molar refractivity (Wildman–Crippen MR) is 103 cm³/mol. The van der Waals surface area contributed by atoms with Crippen LogP contribution < -0.4 is 0 Å². The van der Waals surface area contributed by atoms with Gasteiger partial charge in [0.2, 0.25) is 0 Å². The molecule has 0 N–H and O–H groups in total. The third-order valence-corrected chi connectivity index (χ3v) is 5.43. The number of hydrogen-bond acceptors (Lipinski definition) is 4. The molecule has 6 nitrogen and oxygen atoms in total. The molecule has 0 spiro atoms. The molecule has 0 unspecified atom stereocenters. The fraction of sp³-hybridized carbons (Fsp3) is 0.571. The summed E-state index contributed by atoms with van der Waals surface area (Å²) in [5.41, 5.74) is 2.46. The first-order chi connectivity index (χ1) is 12.7. The van der Waals surface area contributed by atoms with Crippen LogP contribution in [0.15, 0.2) is 24.3 Å². The summed E-state index contributed by atoms with van der Waals surface area (Å²) in [6.07, 6.45) is 3.60. The molecule has 0 atom stereocenters. The summed E-state index contributed by atoms with van der Waals surface area (Å²) in [6.45, 7) is 7.23. The Morgan fingerprint density at radius 3 is 2.15 bits per heavy atom. The van der Waals surface area contributed by atoms with E-state index in [1.807, 2.05) is 11.9 Å². The van der Waals surface area contributed by atoms with Gasteiger partial charge in [0.05, 0.1) is 6.67 Å². The van der Waals surface area contributed by atoms with Crippen molar-refractivity contribution in [3.05, 3.63) is 35.4 Å². The molecule has 6 heteroatoms. The monoisotopic (exact) mass is 371 g/mol. The second kappa shape index (κ2) is 7.43. The Hall–Kier alpha value is -2.21. The normalized spacial score (nSPS) is 19.1. The number of benzene rings is 1. The Kier molecular flexibility index (Phi) is 5.38. The first kappa shape index (κ1) is 19.5. The number of hydrogen-bond donors (Lipinski definition) is 0. The van der Waals surface area contributed by atoms with Crippen molar-refractivity contribution in [1.29, 1.82) is 0 Å². The lowest BCUT2D eigenvalue weighted by atomic mass is 9.87. The van der Waals surface area contributed by atoms with E-state index < -0.39 is 17.8 Å². The molecule has 27 heavy (non-hydrogen) atoms. The molecule has 0 radical (unpaired) electrons. The number of imide groups is 2. The van der Waals surface area contributed by atoms with Crippen molar-refractivity contribution in [2.24, 2.45) is 0 Å². The van der Waals surface area contributed by atoms with E-state index in [1.54, 1.807) is 0 Å². The van der Waals surface area contributed by atoms with Gasteiger partial charge in [-0.15, -0.1) is 0 Å². The van der Waals surface area contributed by atoms with Gasteiger partial charge in [-0.3, -0.25) is 19.4 Å². The van der Waals surface area contributed by atoms with Gasteiger partial charge in [-0.25, -0.2) is 9.69 Å². The maximum absolute atomic E-state index is 12.6. The fourth-order valence-corrected chi connectivity index (χ4v) is 3.84. The number of carbonyl (C=O) groups is 3. The highest BCUT2D eigenvalue weighted by atomic mass is 16.2. The Morgan fingerprint density at radius 2 is 1.59 bits per heavy atom. The summed E-state index contributed by atoms with van der Waals surface area (Å²) >= 11 is 0. The Bertz CT molecular complexity index is 730. The van der Waals surface area contributed by atoms with Crippen molar-refractivity contribution >= 4 is 17.8 Å². The Balaban J connectivity index is 1.63. The fourth-order valence-electron chi connectivity index (χ4n) is 3.84. The molecule has 1 saturated heterocycles. The summed E-state index contributed by atoms with van der Waals surface area (Å²) < 4.78 is 0. The van der Waals surface area contributed by atoms with Crippen LogP contribution in [0.1, 0.15) is 57.6 Å². The number of nitrogens with zero attached hydrogens (tertiary/aromatic N) is 3. The van der Waals surface area contributed by atoms with Crippen molar-refractivity contribution in [2.75, 3.05) is 13.7 Å². The van der Waals surface area contributed by atoms with Gasteiger partial charge in [0.15, 0.2) is 0 Å². The molecule has 1 aliphatic heterocycles. The molecule has 1 aromatic rings. The molecule has 1 saturated carbocycles. The van der Waals surface area contributed by atoms with Crippen molar-refractivity contribution in [3.8, 4) is 0 Å². The summed E-state index contributed by atoms with van der Waals surface area (Å²) in [5.74, 6) is -1.38. The summed E-state index contributed by atoms with van der Waals surface area (Å²) in [7, 11) is 1.85. The maximum atomic E-state index is 12.6. The van der Waals surface area contributed by atoms with Crippen LogP contribution in [-0.4, -0.2) is 52.3 Å². The van der Waals surface area contributed by atoms with E-state index in [2.05, 4.69) is 45.0 Å². The molecule has 146 valence electrons. The van der Waals surface area contributed by atoms with Crippen LogP contribution in [0.5, 0.6) is 0 Å². The lowest BCUT2D eigenvalue weighted by Gasteiger charge is -2.25. The zero-order valence-corrected chi connectivity index (χ0v) is 16.7. The van der Waals surface area contributed by atoms with Gasteiger partial charge in [0.25, 0.3) is 0 Å². The smallest absolute Gasteiger partial charge is 0.284 e. The molecule has 3 rings (SSSR count). The minimum absolute atomic E-state index is 0.100. The number of amides is 4. The van der Waals surface area contributed by atoms with Crippen LogP contribution in [0, 0.1) is 0 Å². The third-order valence-electron chi connectivity index (χ3n) is 5.43. The van der Waals surface area contributed by atoms with Crippen LogP contribution in [0.3, 0.4) is 0 Å². The highest BCUT2D eigenvalue weighted by Crippen LogP contribution is 2.28. The van der Waals surface area contributed by atoms with Gasteiger partial charge in [-0.05, 0) is 36.4 Å². The van der Waals surface area contributed by atoms with E-state index in [0.29, 0.717) is 6.54 Å². The van der Waals surface area contributed by atoms with Gasteiger partial charge in [0, 0.05) is 12.6 Å². The minimum Gasteiger partial charge on any atom is -0.284 e. The lowest BCUT2D eigenvalue weighted by molar-refractivity contribution is -0.144. The van der Waals surface area contributed by atoms with Crippen LogP contribution in [0.4, 0.5) is 4.79 Å². The van der Waals surface area contributed by atoms with Gasteiger partial charge in [-0.2, -0.15) is 0 Å². The predicted octanol–water partition coefficient (Wildman–Crippen LogP) is 3.11. The van der Waals surface area contributed by atoms with Crippen molar-refractivity contribution in [3.63, 3.8) is 0 Å². The summed E-state index contributed by atoms with van der Waals surface area (Å²) in [4.78, 5) is 41.4. The maximum Gasteiger partial charge on any atom is 0.335 e. The van der Waals surface area contributed by atoms with E-state index in [9.17, 15) is 14.4 Å². The van der Waals surface area contributed by atoms with Crippen LogP contribution in [0.2, 0.25) is 0 Å². The van der Waals surface area contributed by atoms with Crippen molar-refractivity contribution in [2.45, 2.75) is 64.5 Å². The largest absolute Gasteiger partial charge is 0.335 e. The Morgan fingerprint density at radius 1 is 1.00 bits per heavy atom. The molecule has 2 fully saturated rings. The van der Waals surface area contributed by atoms with E-state index in [0.717, 1.165) is 36.1 Å². The van der Waals surface area contributed by atoms with Gasteiger partial charge >= 0.3 is 17.8 Å². The van der Waals surface area contributed by atoms with E-state index in [1.165, 1.54) is 10.5 Å². The van der Waals surface area contributed by atoms with Gasteiger partial charge < -0.3 is 0 Å². The first-order valence-corrected chi connectivity index (χ1v) is 9.65. The zero-order valence-electron chi connectivity index (χ0n) is 16.7. The number of rotatable bonds is 5. The molecule has 0 bridgehead atoms. The number of urea groups is 1.